The Morgan fingerprint density at radius 3 is 2.67 bits per heavy atom. The van der Waals surface area contributed by atoms with Crippen LogP contribution in [0.15, 0.2) is 48.5 Å². The molecule has 0 radical (unpaired) electrons. The summed E-state index contributed by atoms with van der Waals surface area (Å²) < 4.78 is 0. The molecule has 0 saturated carbocycles. The molecule has 0 spiro atoms. The Hall–Kier alpha value is -2.40. The summed E-state index contributed by atoms with van der Waals surface area (Å²) in [4.78, 5) is 2.48. The van der Waals surface area contributed by atoms with Gasteiger partial charge >= 0.3 is 0 Å². The van der Waals surface area contributed by atoms with Crippen molar-refractivity contribution < 1.29 is 0 Å². The Bertz CT molecular complexity index is 649. The fourth-order valence-corrected chi connectivity index (χ4v) is 2.84. The molecule has 0 amide bonds. The van der Waals surface area contributed by atoms with Crippen molar-refractivity contribution >= 4 is 11.4 Å². The van der Waals surface area contributed by atoms with E-state index < -0.39 is 0 Å². The SMILES string of the molecule is C#Cc1cccc(NCc2ccccc2N2CCCC2)c1. The summed E-state index contributed by atoms with van der Waals surface area (Å²) in [5, 5.41) is 3.48. The topological polar surface area (TPSA) is 15.3 Å². The molecule has 1 fully saturated rings. The van der Waals surface area contributed by atoms with Gasteiger partial charge in [-0.3, -0.25) is 0 Å². The zero-order chi connectivity index (χ0) is 14.5. The van der Waals surface area contributed by atoms with Gasteiger partial charge in [-0.25, -0.2) is 0 Å². The molecule has 0 unspecified atom stereocenters. The first-order chi connectivity index (χ1) is 10.4. The van der Waals surface area contributed by atoms with E-state index in [2.05, 4.69) is 46.5 Å². The lowest BCUT2D eigenvalue weighted by Gasteiger charge is -2.21. The standard InChI is InChI=1S/C19H20N2/c1-2-16-8-7-10-18(14-16)20-15-17-9-3-4-11-19(17)21-12-5-6-13-21/h1,3-4,7-11,14,20H,5-6,12-13,15H2. The van der Waals surface area contributed by atoms with Gasteiger partial charge in [0.25, 0.3) is 0 Å². The van der Waals surface area contributed by atoms with Crippen LogP contribution in [0.5, 0.6) is 0 Å². The maximum absolute atomic E-state index is 5.45. The van der Waals surface area contributed by atoms with Crippen molar-refractivity contribution in [3.63, 3.8) is 0 Å². The quantitative estimate of drug-likeness (QED) is 0.853. The minimum Gasteiger partial charge on any atom is -0.381 e. The Balaban J connectivity index is 1.74. The Morgan fingerprint density at radius 2 is 1.86 bits per heavy atom. The number of rotatable bonds is 4. The van der Waals surface area contributed by atoms with Crippen LogP contribution in [0, 0.1) is 12.3 Å². The third-order valence-electron chi connectivity index (χ3n) is 3.95. The second-order valence-corrected chi connectivity index (χ2v) is 5.40. The van der Waals surface area contributed by atoms with Gasteiger partial charge in [-0.2, -0.15) is 0 Å². The van der Waals surface area contributed by atoms with Crippen LogP contribution in [-0.4, -0.2) is 13.1 Å². The smallest absolute Gasteiger partial charge is 0.0421 e. The molecule has 0 aliphatic carbocycles. The second kappa shape index (κ2) is 6.37. The van der Waals surface area contributed by atoms with E-state index in [1.165, 1.54) is 37.2 Å². The van der Waals surface area contributed by atoms with Crippen LogP contribution >= 0.6 is 0 Å². The zero-order valence-electron chi connectivity index (χ0n) is 12.2. The number of nitrogens with one attached hydrogen (secondary N) is 1. The third kappa shape index (κ3) is 3.20. The molecule has 2 heteroatoms. The summed E-state index contributed by atoms with van der Waals surface area (Å²) in [5.41, 5.74) is 4.68. The highest BCUT2D eigenvalue weighted by Crippen LogP contribution is 2.25. The van der Waals surface area contributed by atoms with Gasteiger partial charge in [0.15, 0.2) is 0 Å². The summed E-state index contributed by atoms with van der Waals surface area (Å²) in [6.45, 7) is 3.16. The molecule has 1 aliphatic rings. The van der Waals surface area contributed by atoms with Gasteiger partial charge in [0.05, 0.1) is 0 Å². The fourth-order valence-electron chi connectivity index (χ4n) is 2.84. The van der Waals surface area contributed by atoms with Gasteiger partial charge in [-0.1, -0.05) is 30.2 Å². The average Bonchev–Trinajstić information content (AvgIpc) is 3.08. The number of terminal acetylenes is 1. The fraction of sp³-hybridized carbons (Fsp3) is 0.263. The van der Waals surface area contributed by atoms with E-state index in [-0.39, 0.29) is 0 Å². The number of benzene rings is 2. The summed E-state index contributed by atoms with van der Waals surface area (Å²) in [7, 11) is 0. The van der Waals surface area contributed by atoms with Crippen molar-refractivity contribution in [3.8, 4) is 12.3 Å². The van der Waals surface area contributed by atoms with Crippen LogP contribution in [0.25, 0.3) is 0 Å². The van der Waals surface area contributed by atoms with Gasteiger partial charge in [-0.05, 0) is 42.7 Å². The van der Waals surface area contributed by atoms with Gasteiger partial charge < -0.3 is 10.2 Å². The molecule has 0 bridgehead atoms. The lowest BCUT2D eigenvalue weighted by atomic mass is 10.1. The van der Waals surface area contributed by atoms with E-state index in [0.717, 1.165) is 17.8 Å². The highest BCUT2D eigenvalue weighted by Gasteiger charge is 2.14. The highest BCUT2D eigenvalue weighted by molar-refractivity contribution is 5.57. The number of hydrogen-bond donors (Lipinski definition) is 1. The van der Waals surface area contributed by atoms with Crippen LogP contribution in [0.1, 0.15) is 24.0 Å². The van der Waals surface area contributed by atoms with Gasteiger partial charge in [-0.15, -0.1) is 6.42 Å². The average molecular weight is 276 g/mol. The molecular formula is C19H20N2. The van der Waals surface area contributed by atoms with Crippen molar-refractivity contribution in [2.75, 3.05) is 23.3 Å². The Kier molecular flexibility index (Phi) is 4.12. The maximum Gasteiger partial charge on any atom is 0.0421 e. The highest BCUT2D eigenvalue weighted by atomic mass is 15.1. The predicted molar refractivity (Wildman–Crippen MR) is 89.6 cm³/mol. The Morgan fingerprint density at radius 1 is 1.05 bits per heavy atom. The normalized spacial score (nSPS) is 14.0. The van der Waals surface area contributed by atoms with Crippen LogP contribution in [-0.2, 0) is 6.54 Å². The molecule has 1 saturated heterocycles. The van der Waals surface area contributed by atoms with Crippen molar-refractivity contribution in [1.29, 1.82) is 0 Å². The van der Waals surface area contributed by atoms with Crippen molar-refractivity contribution in [1.82, 2.24) is 0 Å². The molecule has 106 valence electrons. The molecule has 0 aromatic heterocycles. The van der Waals surface area contributed by atoms with Crippen LogP contribution < -0.4 is 10.2 Å². The molecule has 1 aliphatic heterocycles. The monoisotopic (exact) mass is 276 g/mol. The van der Waals surface area contributed by atoms with Gasteiger partial charge in [0, 0.05) is 36.6 Å². The number of para-hydroxylation sites is 1. The summed E-state index contributed by atoms with van der Waals surface area (Å²) >= 11 is 0. The van der Waals surface area contributed by atoms with Crippen molar-refractivity contribution in [2.45, 2.75) is 19.4 Å². The van der Waals surface area contributed by atoms with E-state index in [1.807, 2.05) is 18.2 Å². The molecule has 21 heavy (non-hydrogen) atoms. The molecule has 2 aromatic carbocycles. The molecule has 1 N–H and O–H groups in total. The molecule has 1 heterocycles. The van der Waals surface area contributed by atoms with E-state index in [0.29, 0.717) is 0 Å². The summed E-state index contributed by atoms with van der Waals surface area (Å²) in [6, 6.07) is 16.7. The first-order valence-corrected chi connectivity index (χ1v) is 7.50. The zero-order valence-corrected chi connectivity index (χ0v) is 12.2. The minimum absolute atomic E-state index is 0.820. The third-order valence-corrected chi connectivity index (χ3v) is 3.95. The maximum atomic E-state index is 5.45. The van der Waals surface area contributed by atoms with E-state index in [1.54, 1.807) is 0 Å². The molecule has 3 rings (SSSR count). The lowest BCUT2D eigenvalue weighted by Crippen LogP contribution is -2.19. The van der Waals surface area contributed by atoms with E-state index >= 15 is 0 Å². The summed E-state index contributed by atoms with van der Waals surface area (Å²) in [5.74, 6) is 2.67. The first kappa shape index (κ1) is 13.6. The molecular weight excluding hydrogens is 256 g/mol. The van der Waals surface area contributed by atoms with E-state index in [4.69, 9.17) is 6.42 Å². The first-order valence-electron chi connectivity index (χ1n) is 7.50. The molecule has 2 aromatic rings. The molecule has 0 atom stereocenters. The largest absolute Gasteiger partial charge is 0.381 e. The minimum atomic E-state index is 0.820. The van der Waals surface area contributed by atoms with Crippen LogP contribution in [0.2, 0.25) is 0 Å². The summed E-state index contributed by atoms with van der Waals surface area (Å²) in [6.07, 6.45) is 8.04. The number of hydrogen-bond acceptors (Lipinski definition) is 2. The van der Waals surface area contributed by atoms with Crippen molar-refractivity contribution in [2.24, 2.45) is 0 Å². The number of nitrogens with zero attached hydrogens (tertiary/aromatic N) is 1. The van der Waals surface area contributed by atoms with Crippen LogP contribution in [0.4, 0.5) is 11.4 Å². The lowest BCUT2D eigenvalue weighted by molar-refractivity contribution is 0.949. The Labute approximate surface area is 126 Å². The van der Waals surface area contributed by atoms with Gasteiger partial charge in [0.2, 0.25) is 0 Å². The predicted octanol–water partition coefficient (Wildman–Crippen LogP) is 3.88. The van der Waals surface area contributed by atoms with Crippen molar-refractivity contribution in [3.05, 3.63) is 59.7 Å². The molecule has 2 nitrogen and oxygen atoms in total. The second-order valence-electron chi connectivity index (χ2n) is 5.40. The number of anilines is 2. The van der Waals surface area contributed by atoms with Gasteiger partial charge in [0.1, 0.15) is 0 Å². The van der Waals surface area contributed by atoms with Crippen LogP contribution in [0.3, 0.4) is 0 Å². The van der Waals surface area contributed by atoms with E-state index in [9.17, 15) is 0 Å².